The first-order valence-electron chi connectivity index (χ1n) is 10.0. The Balaban J connectivity index is 1.91. The maximum absolute atomic E-state index is 11.5. The van der Waals surface area contributed by atoms with Crippen molar-refractivity contribution in [2.45, 2.75) is 32.9 Å². The number of nitrogens with zero attached hydrogens (tertiary/aromatic N) is 2. The van der Waals surface area contributed by atoms with Crippen LogP contribution in [0.4, 0.5) is 11.4 Å². The van der Waals surface area contributed by atoms with Crippen molar-refractivity contribution >= 4 is 11.4 Å². The summed E-state index contributed by atoms with van der Waals surface area (Å²) in [5, 5.41) is 14.9. The highest BCUT2D eigenvalue weighted by Gasteiger charge is 2.27. The molecule has 7 heteroatoms. The van der Waals surface area contributed by atoms with E-state index < -0.39 is 0 Å². The van der Waals surface area contributed by atoms with E-state index >= 15 is 0 Å². The molecule has 1 aliphatic heterocycles. The first-order valence-corrected chi connectivity index (χ1v) is 10.0. The molecule has 7 nitrogen and oxygen atoms in total. The summed E-state index contributed by atoms with van der Waals surface area (Å²) >= 11 is 0. The maximum atomic E-state index is 11.5. The van der Waals surface area contributed by atoms with E-state index in [4.69, 9.17) is 9.47 Å². The number of rotatable bonds is 7. The van der Waals surface area contributed by atoms with E-state index in [1.165, 1.54) is 5.57 Å². The Morgan fingerprint density at radius 2 is 2.00 bits per heavy atom. The Labute approximate surface area is 177 Å². The number of allylic oxidation sites excluding steroid dienone is 1. The van der Waals surface area contributed by atoms with E-state index in [-0.39, 0.29) is 16.7 Å². The van der Waals surface area contributed by atoms with E-state index in [0.717, 1.165) is 24.1 Å². The second-order valence-electron chi connectivity index (χ2n) is 7.71. The van der Waals surface area contributed by atoms with Crippen LogP contribution in [-0.4, -0.2) is 43.2 Å². The van der Waals surface area contributed by atoms with Crippen LogP contribution in [-0.2, 0) is 13.0 Å². The van der Waals surface area contributed by atoms with E-state index in [2.05, 4.69) is 30.1 Å². The van der Waals surface area contributed by atoms with Gasteiger partial charge >= 0.3 is 0 Å². The molecular weight excluding hydrogens is 382 g/mol. The average Bonchev–Trinajstić information content (AvgIpc) is 2.91. The standard InChI is InChI=1S/C23H29N3O4/c1-16(2)10-11-25-15-18-6-5-7-20(26(27)28)23(18)24-14-19(25)12-17-8-9-21(29-3)22(13-17)30-4/h5-10,13,19,24H,11-12,14-15H2,1-4H3. The molecule has 1 aliphatic rings. The molecule has 1 N–H and O–H groups in total. The van der Waals surface area contributed by atoms with Crippen molar-refractivity contribution in [1.82, 2.24) is 4.90 Å². The minimum atomic E-state index is -0.319. The third kappa shape index (κ3) is 4.91. The van der Waals surface area contributed by atoms with Gasteiger partial charge < -0.3 is 14.8 Å². The predicted octanol–water partition coefficient (Wildman–Crippen LogP) is 4.42. The molecule has 0 bridgehead atoms. The van der Waals surface area contributed by atoms with Gasteiger partial charge in [0.15, 0.2) is 11.5 Å². The van der Waals surface area contributed by atoms with Gasteiger partial charge in [-0.25, -0.2) is 0 Å². The fraction of sp³-hybridized carbons (Fsp3) is 0.391. The number of hydrogen-bond donors (Lipinski definition) is 1. The van der Waals surface area contributed by atoms with E-state index in [9.17, 15) is 10.1 Å². The summed E-state index contributed by atoms with van der Waals surface area (Å²) in [5.74, 6) is 1.40. The summed E-state index contributed by atoms with van der Waals surface area (Å²) in [6.07, 6.45) is 2.98. The number of nitro benzene ring substituents is 1. The zero-order valence-electron chi connectivity index (χ0n) is 18.0. The largest absolute Gasteiger partial charge is 0.493 e. The molecule has 0 radical (unpaired) electrons. The van der Waals surface area contributed by atoms with Crippen LogP contribution in [0.3, 0.4) is 0 Å². The third-order valence-corrected chi connectivity index (χ3v) is 5.38. The maximum Gasteiger partial charge on any atom is 0.292 e. The molecule has 0 amide bonds. The highest BCUT2D eigenvalue weighted by atomic mass is 16.6. The number of anilines is 1. The lowest BCUT2D eigenvalue weighted by molar-refractivity contribution is -0.384. The normalized spacial score (nSPS) is 16.1. The van der Waals surface area contributed by atoms with Gasteiger partial charge in [0, 0.05) is 31.7 Å². The van der Waals surface area contributed by atoms with E-state index in [1.54, 1.807) is 26.4 Å². The first kappa shape index (κ1) is 21.6. The zero-order valence-corrected chi connectivity index (χ0v) is 18.0. The van der Waals surface area contributed by atoms with Crippen molar-refractivity contribution in [3.05, 3.63) is 69.3 Å². The summed E-state index contributed by atoms with van der Waals surface area (Å²) in [6, 6.07) is 11.4. The molecule has 0 saturated heterocycles. The van der Waals surface area contributed by atoms with Crippen molar-refractivity contribution in [3.63, 3.8) is 0 Å². The average molecular weight is 412 g/mol. The zero-order chi connectivity index (χ0) is 21.7. The molecule has 1 unspecified atom stereocenters. The lowest BCUT2D eigenvalue weighted by atomic mass is 10.0. The van der Waals surface area contributed by atoms with Crippen LogP contribution in [0.15, 0.2) is 48.0 Å². The summed E-state index contributed by atoms with van der Waals surface area (Å²) in [5.41, 5.74) is 4.07. The van der Waals surface area contributed by atoms with Gasteiger partial charge in [-0.2, -0.15) is 0 Å². The molecule has 30 heavy (non-hydrogen) atoms. The van der Waals surface area contributed by atoms with Crippen molar-refractivity contribution in [1.29, 1.82) is 0 Å². The Hall–Kier alpha value is -3.06. The Morgan fingerprint density at radius 1 is 1.23 bits per heavy atom. The van der Waals surface area contributed by atoms with Crippen LogP contribution in [0.5, 0.6) is 11.5 Å². The Kier molecular flexibility index (Phi) is 6.95. The highest BCUT2D eigenvalue weighted by Crippen LogP contribution is 2.33. The SMILES string of the molecule is COc1ccc(CC2CNc3c(cccc3[N+](=O)[O-])CN2CC=C(C)C)cc1OC. The molecule has 1 heterocycles. The number of nitrogens with one attached hydrogen (secondary N) is 1. The van der Waals surface area contributed by atoms with Gasteiger partial charge in [0.05, 0.1) is 19.1 Å². The lowest BCUT2D eigenvalue weighted by Crippen LogP contribution is -2.39. The smallest absolute Gasteiger partial charge is 0.292 e. The fourth-order valence-corrected chi connectivity index (χ4v) is 3.77. The number of fused-ring (bicyclic) bond motifs is 1. The fourth-order valence-electron chi connectivity index (χ4n) is 3.77. The van der Waals surface area contributed by atoms with E-state index in [1.807, 2.05) is 24.3 Å². The van der Waals surface area contributed by atoms with Crippen LogP contribution in [0, 0.1) is 10.1 Å². The number of hydrogen-bond acceptors (Lipinski definition) is 6. The highest BCUT2D eigenvalue weighted by molar-refractivity contribution is 5.67. The van der Waals surface area contributed by atoms with Gasteiger partial charge in [0.1, 0.15) is 5.69 Å². The number of para-hydroxylation sites is 1. The van der Waals surface area contributed by atoms with Gasteiger partial charge in [-0.3, -0.25) is 15.0 Å². The molecule has 0 aromatic heterocycles. The van der Waals surface area contributed by atoms with Gasteiger partial charge in [-0.05, 0) is 43.5 Å². The topological polar surface area (TPSA) is 76.9 Å². The molecular formula is C23H29N3O4. The molecule has 0 saturated carbocycles. The quantitative estimate of drug-likeness (QED) is 0.413. The second kappa shape index (κ2) is 9.63. The monoisotopic (exact) mass is 411 g/mol. The van der Waals surface area contributed by atoms with E-state index in [0.29, 0.717) is 30.3 Å². The van der Waals surface area contributed by atoms with Gasteiger partial charge in [0.25, 0.3) is 5.69 Å². The number of ether oxygens (including phenoxy) is 2. The molecule has 0 spiro atoms. The lowest BCUT2D eigenvalue weighted by Gasteiger charge is -2.29. The van der Waals surface area contributed by atoms with Crippen molar-refractivity contribution < 1.29 is 14.4 Å². The van der Waals surface area contributed by atoms with Crippen LogP contribution >= 0.6 is 0 Å². The number of benzene rings is 2. The number of methoxy groups -OCH3 is 2. The summed E-state index contributed by atoms with van der Waals surface area (Å²) in [7, 11) is 3.25. The van der Waals surface area contributed by atoms with Crippen LogP contribution in [0.25, 0.3) is 0 Å². The van der Waals surface area contributed by atoms with Crippen LogP contribution < -0.4 is 14.8 Å². The molecule has 160 valence electrons. The third-order valence-electron chi connectivity index (χ3n) is 5.38. The molecule has 3 rings (SSSR count). The molecule has 0 fully saturated rings. The predicted molar refractivity (Wildman–Crippen MR) is 118 cm³/mol. The second-order valence-corrected chi connectivity index (χ2v) is 7.71. The first-order chi connectivity index (χ1) is 14.4. The molecule has 2 aromatic rings. The summed E-state index contributed by atoms with van der Waals surface area (Å²) < 4.78 is 10.8. The molecule has 1 atom stereocenters. The van der Waals surface area contributed by atoms with Gasteiger partial charge in [-0.1, -0.05) is 29.8 Å². The molecule has 0 aliphatic carbocycles. The Morgan fingerprint density at radius 3 is 2.67 bits per heavy atom. The number of nitro groups is 1. The minimum absolute atomic E-state index is 0.126. The van der Waals surface area contributed by atoms with Gasteiger partial charge in [0.2, 0.25) is 0 Å². The van der Waals surface area contributed by atoms with Crippen LogP contribution in [0.1, 0.15) is 25.0 Å². The van der Waals surface area contributed by atoms with Gasteiger partial charge in [-0.15, -0.1) is 0 Å². The van der Waals surface area contributed by atoms with Crippen molar-refractivity contribution in [2.24, 2.45) is 0 Å². The Bertz CT molecular complexity index is 938. The summed E-state index contributed by atoms with van der Waals surface area (Å²) in [6.45, 7) is 6.20. The minimum Gasteiger partial charge on any atom is -0.493 e. The molecule has 2 aromatic carbocycles. The van der Waals surface area contributed by atoms with Crippen molar-refractivity contribution in [3.8, 4) is 11.5 Å². The summed E-state index contributed by atoms with van der Waals surface area (Å²) in [4.78, 5) is 13.6. The van der Waals surface area contributed by atoms with Crippen molar-refractivity contribution in [2.75, 3.05) is 32.6 Å². The van der Waals surface area contributed by atoms with Crippen LogP contribution in [0.2, 0.25) is 0 Å².